The van der Waals surface area contributed by atoms with Gasteiger partial charge in [-0.15, -0.1) is 0 Å². The van der Waals surface area contributed by atoms with Gasteiger partial charge in [0.25, 0.3) is 0 Å². The average molecular weight is 304 g/mol. The Hall–Kier alpha value is -2.06. The molecule has 2 rings (SSSR count). The molecule has 0 bridgehead atoms. The third kappa shape index (κ3) is 2.79. The molecule has 1 heterocycles. The SMILES string of the molecule is COc1ccc(Nc2ccnc(C#N)c2)cc1Br. The first-order valence-electron chi connectivity index (χ1n) is 5.19. The van der Waals surface area contributed by atoms with Crippen LogP contribution in [0.2, 0.25) is 0 Å². The van der Waals surface area contributed by atoms with Crippen molar-refractivity contribution in [2.24, 2.45) is 0 Å². The Bertz CT molecular complexity index is 607. The van der Waals surface area contributed by atoms with Crippen molar-refractivity contribution in [3.05, 3.63) is 46.7 Å². The maximum Gasteiger partial charge on any atom is 0.142 e. The number of methoxy groups -OCH3 is 1. The van der Waals surface area contributed by atoms with E-state index in [1.54, 1.807) is 25.4 Å². The molecule has 0 aliphatic carbocycles. The molecule has 2 aromatic rings. The molecule has 1 aromatic heterocycles. The molecule has 0 aliphatic rings. The number of halogens is 1. The van der Waals surface area contributed by atoms with Gasteiger partial charge in [0, 0.05) is 17.6 Å². The Morgan fingerprint density at radius 2 is 2.06 bits per heavy atom. The normalized spacial score (nSPS) is 9.61. The zero-order valence-electron chi connectivity index (χ0n) is 9.64. The number of nitrogens with zero attached hydrogens (tertiary/aromatic N) is 2. The molecule has 4 nitrogen and oxygen atoms in total. The van der Waals surface area contributed by atoms with E-state index in [9.17, 15) is 0 Å². The highest BCUT2D eigenvalue weighted by Gasteiger charge is 2.02. The number of nitrogens with one attached hydrogen (secondary N) is 1. The van der Waals surface area contributed by atoms with E-state index in [0.29, 0.717) is 5.69 Å². The summed E-state index contributed by atoms with van der Waals surface area (Å²) in [6.45, 7) is 0. The lowest BCUT2D eigenvalue weighted by atomic mass is 10.2. The zero-order chi connectivity index (χ0) is 13.0. The predicted molar refractivity (Wildman–Crippen MR) is 72.9 cm³/mol. The molecule has 0 spiro atoms. The Morgan fingerprint density at radius 3 is 2.72 bits per heavy atom. The van der Waals surface area contributed by atoms with Crippen LogP contribution < -0.4 is 10.1 Å². The van der Waals surface area contributed by atoms with Gasteiger partial charge in [0.05, 0.1) is 11.6 Å². The number of anilines is 2. The van der Waals surface area contributed by atoms with E-state index >= 15 is 0 Å². The number of hydrogen-bond acceptors (Lipinski definition) is 4. The van der Waals surface area contributed by atoms with E-state index in [1.807, 2.05) is 24.3 Å². The van der Waals surface area contributed by atoms with Crippen LogP contribution in [0.1, 0.15) is 5.69 Å². The largest absolute Gasteiger partial charge is 0.496 e. The van der Waals surface area contributed by atoms with Crippen molar-refractivity contribution < 1.29 is 4.74 Å². The van der Waals surface area contributed by atoms with Crippen LogP contribution in [0.4, 0.5) is 11.4 Å². The summed E-state index contributed by atoms with van der Waals surface area (Å²) >= 11 is 3.42. The Balaban J connectivity index is 2.23. The van der Waals surface area contributed by atoms with Crippen molar-refractivity contribution in [3.8, 4) is 11.8 Å². The van der Waals surface area contributed by atoms with E-state index in [0.717, 1.165) is 21.6 Å². The fourth-order valence-electron chi connectivity index (χ4n) is 1.48. The minimum absolute atomic E-state index is 0.382. The first kappa shape index (κ1) is 12.4. The lowest BCUT2D eigenvalue weighted by Gasteiger charge is -2.09. The van der Waals surface area contributed by atoms with Gasteiger partial charge in [-0.2, -0.15) is 5.26 Å². The van der Waals surface area contributed by atoms with Gasteiger partial charge in [0.1, 0.15) is 17.5 Å². The third-order valence-corrected chi connectivity index (χ3v) is 2.93. The van der Waals surface area contributed by atoms with Crippen molar-refractivity contribution in [2.75, 3.05) is 12.4 Å². The minimum Gasteiger partial charge on any atom is -0.496 e. The van der Waals surface area contributed by atoms with Crippen LogP contribution in [0.5, 0.6) is 5.75 Å². The van der Waals surface area contributed by atoms with Gasteiger partial charge in [-0.05, 0) is 46.3 Å². The number of pyridine rings is 1. The third-order valence-electron chi connectivity index (χ3n) is 2.31. The highest BCUT2D eigenvalue weighted by molar-refractivity contribution is 9.10. The van der Waals surface area contributed by atoms with Crippen LogP contribution >= 0.6 is 15.9 Å². The molecule has 5 heteroatoms. The number of rotatable bonds is 3. The number of hydrogen-bond donors (Lipinski definition) is 1. The summed E-state index contributed by atoms with van der Waals surface area (Å²) in [5.74, 6) is 0.771. The van der Waals surface area contributed by atoms with E-state index < -0.39 is 0 Å². The summed E-state index contributed by atoms with van der Waals surface area (Å²) in [5.41, 5.74) is 2.10. The van der Waals surface area contributed by atoms with Crippen LogP contribution in [0.15, 0.2) is 41.0 Å². The molecule has 0 aliphatic heterocycles. The summed E-state index contributed by atoms with van der Waals surface area (Å²) in [5, 5.41) is 12.0. The number of aromatic nitrogens is 1. The highest BCUT2D eigenvalue weighted by atomic mass is 79.9. The monoisotopic (exact) mass is 303 g/mol. The van der Waals surface area contributed by atoms with Crippen molar-refractivity contribution in [1.29, 1.82) is 5.26 Å². The predicted octanol–water partition coefficient (Wildman–Crippen LogP) is 3.47. The minimum atomic E-state index is 0.382. The lowest BCUT2D eigenvalue weighted by molar-refractivity contribution is 0.412. The van der Waals surface area contributed by atoms with Crippen LogP contribution in [0.3, 0.4) is 0 Å². The van der Waals surface area contributed by atoms with E-state index in [-0.39, 0.29) is 0 Å². The fraction of sp³-hybridized carbons (Fsp3) is 0.0769. The molecule has 90 valence electrons. The summed E-state index contributed by atoms with van der Waals surface area (Å²) in [6, 6.07) is 11.2. The van der Waals surface area contributed by atoms with Crippen LogP contribution in [-0.4, -0.2) is 12.1 Å². The second-order valence-corrected chi connectivity index (χ2v) is 4.37. The first-order valence-corrected chi connectivity index (χ1v) is 5.99. The number of benzene rings is 1. The van der Waals surface area contributed by atoms with E-state index in [1.165, 1.54) is 0 Å². The van der Waals surface area contributed by atoms with E-state index in [2.05, 4.69) is 26.2 Å². The summed E-state index contributed by atoms with van der Waals surface area (Å²) in [6.07, 6.45) is 1.60. The highest BCUT2D eigenvalue weighted by Crippen LogP contribution is 2.29. The molecule has 0 atom stereocenters. The Labute approximate surface area is 113 Å². The molecule has 0 saturated carbocycles. The zero-order valence-corrected chi connectivity index (χ0v) is 11.2. The molecular formula is C13H10BrN3O. The summed E-state index contributed by atoms with van der Waals surface area (Å²) < 4.78 is 6.02. The molecule has 0 unspecified atom stereocenters. The average Bonchev–Trinajstić information content (AvgIpc) is 2.39. The molecule has 0 amide bonds. The smallest absolute Gasteiger partial charge is 0.142 e. The van der Waals surface area contributed by atoms with Crippen molar-refractivity contribution in [2.45, 2.75) is 0 Å². The Kier molecular flexibility index (Phi) is 3.80. The Morgan fingerprint density at radius 1 is 1.28 bits per heavy atom. The summed E-state index contributed by atoms with van der Waals surface area (Å²) in [4.78, 5) is 3.91. The second kappa shape index (κ2) is 5.52. The topological polar surface area (TPSA) is 57.9 Å². The van der Waals surface area contributed by atoms with Crippen molar-refractivity contribution in [1.82, 2.24) is 4.98 Å². The summed E-state index contributed by atoms with van der Waals surface area (Å²) in [7, 11) is 1.62. The molecule has 1 aromatic carbocycles. The van der Waals surface area contributed by atoms with Gasteiger partial charge in [-0.1, -0.05) is 0 Å². The molecule has 0 fully saturated rings. The quantitative estimate of drug-likeness (QED) is 0.943. The number of ether oxygens (including phenoxy) is 1. The van der Waals surface area contributed by atoms with Crippen molar-refractivity contribution in [3.63, 3.8) is 0 Å². The molecule has 18 heavy (non-hydrogen) atoms. The first-order chi connectivity index (χ1) is 8.72. The number of nitriles is 1. The van der Waals surface area contributed by atoms with Gasteiger partial charge in [0.2, 0.25) is 0 Å². The molecular weight excluding hydrogens is 294 g/mol. The molecule has 1 N–H and O–H groups in total. The standard InChI is InChI=1S/C13H10BrN3O/c1-18-13-3-2-9(7-12(13)14)17-10-4-5-16-11(6-10)8-15/h2-7H,1H3,(H,16,17). The van der Waals surface area contributed by atoms with Crippen molar-refractivity contribution >= 4 is 27.3 Å². The van der Waals surface area contributed by atoms with Crippen LogP contribution in [-0.2, 0) is 0 Å². The molecule has 0 saturated heterocycles. The second-order valence-electron chi connectivity index (χ2n) is 3.52. The van der Waals surface area contributed by atoms with E-state index in [4.69, 9.17) is 10.00 Å². The van der Waals surface area contributed by atoms with Gasteiger partial charge in [-0.3, -0.25) is 0 Å². The van der Waals surface area contributed by atoms with Gasteiger partial charge in [-0.25, -0.2) is 4.98 Å². The maximum atomic E-state index is 8.78. The van der Waals surface area contributed by atoms with Crippen LogP contribution in [0, 0.1) is 11.3 Å². The lowest BCUT2D eigenvalue weighted by Crippen LogP contribution is -1.93. The maximum absolute atomic E-state index is 8.78. The fourth-order valence-corrected chi connectivity index (χ4v) is 2.02. The van der Waals surface area contributed by atoms with Gasteiger partial charge in [0.15, 0.2) is 0 Å². The van der Waals surface area contributed by atoms with Crippen LogP contribution in [0.25, 0.3) is 0 Å². The van der Waals surface area contributed by atoms with Gasteiger partial charge >= 0.3 is 0 Å². The van der Waals surface area contributed by atoms with Gasteiger partial charge < -0.3 is 10.1 Å². The molecule has 0 radical (unpaired) electrons.